The molecule has 2 aromatic heterocycles. The summed E-state index contributed by atoms with van der Waals surface area (Å²) in [6.45, 7) is 8.67. The van der Waals surface area contributed by atoms with Gasteiger partial charge < -0.3 is 14.4 Å². The molecule has 0 bridgehead atoms. The van der Waals surface area contributed by atoms with E-state index in [0.29, 0.717) is 40.0 Å². The summed E-state index contributed by atoms with van der Waals surface area (Å²) in [5, 5.41) is 11.3. The lowest BCUT2D eigenvalue weighted by Crippen LogP contribution is -2.44. The Morgan fingerprint density at radius 1 is 1.03 bits per heavy atom. The van der Waals surface area contributed by atoms with Gasteiger partial charge in [-0.1, -0.05) is 50.9 Å². The number of halogens is 2. The smallest absolute Gasteiger partial charge is 0.332 e. The molecule has 0 fully saturated rings. The van der Waals surface area contributed by atoms with E-state index >= 15 is 0 Å². The molecule has 0 saturated carbocycles. The van der Waals surface area contributed by atoms with Gasteiger partial charge in [-0.2, -0.15) is 0 Å². The first-order chi connectivity index (χ1) is 15.1. The number of aliphatic hydroxyl groups excluding tert-OH is 1. The van der Waals surface area contributed by atoms with Crippen LogP contribution in [0.1, 0.15) is 27.7 Å². The number of rotatable bonds is 9. The summed E-state index contributed by atoms with van der Waals surface area (Å²) in [7, 11) is 0. The second-order valence-corrected chi connectivity index (χ2v) is 9.55. The SMILES string of the molecule is CC(C)Cn1cnc2c1c(=O)n(C[C@@H](O)COc1ccc(Cl)cc1Cl)c(=O)n2CC(C)C. The molecule has 0 spiro atoms. The zero-order chi connectivity index (χ0) is 23.6. The normalized spacial score (nSPS) is 12.8. The fraction of sp³-hybridized carbons (Fsp3) is 0.500. The summed E-state index contributed by atoms with van der Waals surface area (Å²) in [6.07, 6.45) is 0.480. The standard InChI is InChI=1S/C22H28Cl2N4O4/c1-13(2)8-26-12-25-20-19(26)21(30)28(22(31)27(20)9-14(3)4)10-16(29)11-32-18-6-5-15(23)7-17(18)24/h5-7,12-14,16,29H,8-11H2,1-4H3/t16-/m1/s1. The van der Waals surface area contributed by atoms with E-state index in [0.717, 1.165) is 4.57 Å². The third-order valence-corrected chi connectivity index (χ3v) is 5.34. The quantitative estimate of drug-likeness (QED) is 0.504. The molecule has 1 aromatic carbocycles. The first kappa shape index (κ1) is 24.4. The predicted octanol–water partition coefficient (Wildman–Crippen LogP) is 3.42. The molecule has 0 amide bonds. The first-order valence-electron chi connectivity index (χ1n) is 10.5. The fourth-order valence-corrected chi connectivity index (χ4v) is 3.97. The summed E-state index contributed by atoms with van der Waals surface area (Å²) in [4.78, 5) is 30.8. The van der Waals surface area contributed by atoms with Crippen LogP contribution in [0.2, 0.25) is 10.0 Å². The second-order valence-electron chi connectivity index (χ2n) is 8.71. The van der Waals surface area contributed by atoms with Crippen molar-refractivity contribution in [2.24, 2.45) is 11.8 Å². The molecule has 1 atom stereocenters. The molecule has 0 aliphatic heterocycles. The highest BCUT2D eigenvalue weighted by molar-refractivity contribution is 6.35. The van der Waals surface area contributed by atoms with E-state index in [1.54, 1.807) is 23.0 Å². The number of hydrogen-bond acceptors (Lipinski definition) is 5. The van der Waals surface area contributed by atoms with Crippen LogP contribution in [0.5, 0.6) is 5.75 Å². The monoisotopic (exact) mass is 482 g/mol. The maximum absolute atomic E-state index is 13.3. The van der Waals surface area contributed by atoms with Crippen molar-refractivity contribution in [2.45, 2.75) is 53.4 Å². The van der Waals surface area contributed by atoms with Gasteiger partial charge in [0.15, 0.2) is 11.2 Å². The number of nitrogens with zero attached hydrogens (tertiary/aromatic N) is 4. The second kappa shape index (κ2) is 10.1. The van der Waals surface area contributed by atoms with Crippen molar-refractivity contribution < 1.29 is 9.84 Å². The predicted molar refractivity (Wildman–Crippen MR) is 126 cm³/mol. The number of benzene rings is 1. The maximum atomic E-state index is 13.3. The zero-order valence-corrected chi connectivity index (χ0v) is 20.1. The van der Waals surface area contributed by atoms with Gasteiger partial charge in [-0.25, -0.2) is 9.78 Å². The molecular weight excluding hydrogens is 455 g/mol. The molecule has 0 aliphatic rings. The maximum Gasteiger partial charge on any atom is 0.332 e. The average Bonchev–Trinajstić information content (AvgIpc) is 3.10. The van der Waals surface area contributed by atoms with Gasteiger partial charge in [0.05, 0.1) is 17.9 Å². The Balaban J connectivity index is 1.95. The summed E-state index contributed by atoms with van der Waals surface area (Å²) in [6, 6.07) is 4.74. The summed E-state index contributed by atoms with van der Waals surface area (Å²) in [5.74, 6) is 0.802. The van der Waals surface area contributed by atoms with Crippen LogP contribution in [0, 0.1) is 11.8 Å². The van der Waals surface area contributed by atoms with Crippen LogP contribution >= 0.6 is 23.2 Å². The van der Waals surface area contributed by atoms with E-state index in [2.05, 4.69) is 4.98 Å². The molecule has 1 N–H and O–H groups in total. The van der Waals surface area contributed by atoms with E-state index in [-0.39, 0.29) is 25.0 Å². The minimum atomic E-state index is -1.11. The fourth-order valence-electron chi connectivity index (χ4n) is 3.50. The molecule has 8 nitrogen and oxygen atoms in total. The topological polar surface area (TPSA) is 91.3 Å². The van der Waals surface area contributed by atoms with Crippen LogP contribution in [-0.2, 0) is 19.6 Å². The van der Waals surface area contributed by atoms with Gasteiger partial charge in [-0.15, -0.1) is 0 Å². The lowest BCUT2D eigenvalue weighted by Gasteiger charge is -2.17. The third-order valence-electron chi connectivity index (χ3n) is 4.81. The number of fused-ring (bicyclic) bond motifs is 1. The van der Waals surface area contributed by atoms with Crippen LogP contribution in [0.25, 0.3) is 11.2 Å². The minimum Gasteiger partial charge on any atom is -0.489 e. The molecule has 0 saturated heterocycles. The van der Waals surface area contributed by atoms with Crippen LogP contribution in [0.4, 0.5) is 0 Å². The van der Waals surface area contributed by atoms with Crippen molar-refractivity contribution >= 4 is 34.4 Å². The van der Waals surface area contributed by atoms with Gasteiger partial charge in [-0.05, 0) is 30.0 Å². The van der Waals surface area contributed by atoms with Gasteiger partial charge in [-0.3, -0.25) is 13.9 Å². The van der Waals surface area contributed by atoms with Gasteiger partial charge >= 0.3 is 5.69 Å². The Bertz CT molecular complexity index is 1210. The van der Waals surface area contributed by atoms with E-state index in [1.165, 1.54) is 10.6 Å². The third kappa shape index (κ3) is 5.36. The summed E-state index contributed by atoms with van der Waals surface area (Å²) >= 11 is 12.0. The number of imidazole rings is 1. The van der Waals surface area contributed by atoms with Crippen molar-refractivity contribution in [3.8, 4) is 5.75 Å². The highest BCUT2D eigenvalue weighted by Gasteiger charge is 2.21. The van der Waals surface area contributed by atoms with Crippen molar-refractivity contribution in [1.82, 2.24) is 18.7 Å². The summed E-state index contributed by atoms with van der Waals surface area (Å²) in [5.41, 5.74) is -0.265. The van der Waals surface area contributed by atoms with Gasteiger partial charge in [0.25, 0.3) is 5.56 Å². The van der Waals surface area contributed by atoms with Crippen molar-refractivity contribution in [1.29, 1.82) is 0 Å². The Labute approximate surface area is 196 Å². The van der Waals surface area contributed by atoms with Crippen LogP contribution < -0.4 is 16.0 Å². The lowest BCUT2D eigenvalue weighted by atomic mass is 10.2. The highest BCUT2D eigenvalue weighted by atomic mass is 35.5. The molecule has 32 heavy (non-hydrogen) atoms. The molecular formula is C22H28Cl2N4O4. The van der Waals surface area contributed by atoms with Crippen molar-refractivity contribution in [3.05, 3.63) is 55.4 Å². The molecule has 2 heterocycles. The number of ether oxygens (including phenoxy) is 1. The number of aromatic nitrogens is 4. The molecule has 174 valence electrons. The largest absolute Gasteiger partial charge is 0.489 e. The zero-order valence-electron chi connectivity index (χ0n) is 18.6. The Kier molecular flexibility index (Phi) is 7.69. The lowest BCUT2D eigenvalue weighted by molar-refractivity contribution is 0.0901. The van der Waals surface area contributed by atoms with Crippen LogP contribution in [-0.4, -0.2) is 36.5 Å². The van der Waals surface area contributed by atoms with Gasteiger partial charge in [0, 0.05) is 18.1 Å². The van der Waals surface area contributed by atoms with E-state index < -0.39 is 17.4 Å². The Morgan fingerprint density at radius 3 is 2.34 bits per heavy atom. The average molecular weight is 483 g/mol. The van der Waals surface area contributed by atoms with Crippen LogP contribution in [0.15, 0.2) is 34.1 Å². The van der Waals surface area contributed by atoms with E-state index in [4.69, 9.17) is 27.9 Å². The number of aliphatic hydroxyl groups is 1. The Hall–Kier alpha value is -2.29. The molecule has 0 aliphatic carbocycles. The van der Waals surface area contributed by atoms with Crippen molar-refractivity contribution in [2.75, 3.05) is 6.61 Å². The van der Waals surface area contributed by atoms with Gasteiger partial charge in [0.1, 0.15) is 18.5 Å². The van der Waals surface area contributed by atoms with Crippen molar-refractivity contribution in [3.63, 3.8) is 0 Å². The first-order valence-corrected chi connectivity index (χ1v) is 11.3. The molecule has 10 heteroatoms. The minimum absolute atomic E-state index is 0.152. The molecule has 0 unspecified atom stereocenters. The highest BCUT2D eigenvalue weighted by Crippen LogP contribution is 2.27. The molecule has 3 rings (SSSR count). The Morgan fingerprint density at radius 2 is 1.72 bits per heavy atom. The summed E-state index contributed by atoms with van der Waals surface area (Å²) < 4.78 is 9.89. The van der Waals surface area contributed by atoms with Gasteiger partial charge in [0.2, 0.25) is 0 Å². The van der Waals surface area contributed by atoms with Crippen LogP contribution in [0.3, 0.4) is 0 Å². The van der Waals surface area contributed by atoms with E-state index in [1.807, 2.05) is 27.7 Å². The van der Waals surface area contributed by atoms with E-state index in [9.17, 15) is 14.7 Å². The molecule has 0 radical (unpaired) electrons. The molecule has 3 aromatic rings. The number of hydrogen-bond donors (Lipinski definition) is 1.